The number of rotatable bonds is 4. The number of benzene rings is 1. The molecular weight excluding hydrogens is 302 g/mol. The Bertz CT molecular complexity index is 729. The SMILES string of the molecule is C=C(c1cc(C=C(C)C)c(C)s1)c1c(F)cc(OC)cc1F. The van der Waals surface area contributed by atoms with Crippen LogP contribution in [0.4, 0.5) is 8.78 Å². The lowest BCUT2D eigenvalue weighted by Crippen LogP contribution is -1.96. The predicted molar refractivity (Wildman–Crippen MR) is 89.4 cm³/mol. The molecule has 0 spiro atoms. The summed E-state index contributed by atoms with van der Waals surface area (Å²) in [5, 5.41) is 0. The van der Waals surface area contributed by atoms with Crippen molar-refractivity contribution in [2.75, 3.05) is 7.11 Å². The maximum atomic E-state index is 14.2. The number of ether oxygens (including phenoxy) is 1. The lowest BCUT2D eigenvalue weighted by molar-refractivity contribution is 0.406. The molecule has 0 atom stereocenters. The third-order valence-corrected chi connectivity index (χ3v) is 4.38. The first-order valence-corrected chi connectivity index (χ1v) is 7.63. The van der Waals surface area contributed by atoms with Gasteiger partial charge < -0.3 is 4.74 Å². The summed E-state index contributed by atoms with van der Waals surface area (Å²) >= 11 is 1.48. The van der Waals surface area contributed by atoms with Crippen LogP contribution in [0.1, 0.15) is 34.7 Å². The molecule has 1 aromatic carbocycles. The van der Waals surface area contributed by atoms with E-state index in [1.807, 2.05) is 32.9 Å². The number of halogens is 2. The molecule has 22 heavy (non-hydrogen) atoms. The van der Waals surface area contributed by atoms with Gasteiger partial charge in [-0.15, -0.1) is 11.3 Å². The lowest BCUT2D eigenvalue weighted by Gasteiger charge is -2.09. The van der Waals surface area contributed by atoms with Crippen LogP contribution in [0.2, 0.25) is 0 Å². The van der Waals surface area contributed by atoms with E-state index >= 15 is 0 Å². The van der Waals surface area contributed by atoms with Gasteiger partial charge in [0.2, 0.25) is 0 Å². The summed E-state index contributed by atoms with van der Waals surface area (Å²) in [6, 6.07) is 4.25. The lowest BCUT2D eigenvalue weighted by atomic mass is 10.0. The fourth-order valence-electron chi connectivity index (χ4n) is 2.18. The summed E-state index contributed by atoms with van der Waals surface area (Å²) in [5.41, 5.74) is 2.46. The molecular formula is C18H18F2OS. The largest absolute Gasteiger partial charge is 0.497 e. The second kappa shape index (κ2) is 6.44. The van der Waals surface area contributed by atoms with Crippen molar-refractivity contribution in [1.82, 2.24) is 0 Å². The van der Waals surface area contributed by atoms with Gasteiger partial charge in [-0.2, -0.15) is 0 Å². The van der Waals surface area contributed by atoms with E-state index in [0.717, 1.165) is 15.3 Å². The molecule has 1 aromatic heterocycles. The quantitative estimate of drug-likeness (QED) is 0.689. The molecule has 1 nitrogen and oxygen atoms in total. The van der Waals surface area contributed by atoms with Gasteiger partial charge in [-0.3, -0.25) is 0 Å². The molecule has 116 valence electrons. The van der Waals surface area contributed by atoms with Crippen molar-refractivity contribution in [3.63, 3.8) is 0 Å². The van der Waals surface area contributed by atoms with E-state index in [1.165, 1.54) is 36.2 Å². The van der Waals surface area contributed by atoms with Crippen molar-refractivity contribution >= 4 is 23.0 Å². The topological polar surface area (TPSA) is 9.23 Å². The highest BCUT2D eigenvalue weighted by atomic mass is 32.1. The van der Waals surface area contributed by atoms with Crippen LogP contribution < -0.4 is 4.74 Å². The van der Waals surface area contributed by atoms with Crippen LogP contribution >= 0.6 is 11.3 Å². The van der Waals surface area contributed by atoms with Crippen LogP contribution in [0.5, 0.6) is 5.75 Å². The van der Waals surface area contributed by atoms with Crippen LogP contribution in [0, 0.1) is 18.6 Å². The second-order valence-electron chi connectivity index (χ2n) is 5.29. The molecule has 0 N–H and O–H groups in total. The van der Waals surface area contributed by atoms with Crippen LogP contribution in [-0.2, 0) is 0 Å². The zero-order chi connectivity index (χ0) is 16.4. The molecule has 0 fully saturated rings. The van der Waals surface area contributed by atoms with Crippen LogP contribution in [0.3, 0.4) is 0 Å². The zero-order valence-electron chi connectivity index (χ0n) is 13.1. The summed E-state index contributed by atoms with van der Waals surface area (Å²) in [5.74, 6) is -1.19. The van der Waals surface area contributed by atoms with Gasteiger partial charge in [0.15, 0.2) is 0 Å². The molecule has 1 heterocycles. The van der Waals surface area contributed by atoms with Gasteiger partial charge in [-0.1, -0.05) is 18.2 Å². The molecule has 4 heteroatoms. The summed E-state index contributed by atoms with van der Waals surface area (Å²) in [7, 11) is 1.37. The highest BCUT2D eigenvalue weighted by molar-refractivity contribution is 7.13. The van der Waals surface area contributed by atoms with E-state index in [-0.39, 0.29) is 11.3 Å². The molecule has 2 rings (SSSR count). The highest BCUT2D eigenvalue weighted by Gasteiger charge is 2.18. The van der Waals surface area contributed by atoms with Crippen LogP contribution in [-0.4, -0.2) is 7.11 Å². The molecule has 0 aliphatic heterocycles. The van der Waals surface area contributed by atoms with E-state index in [4.69, 9.17) is 4.74 Å². The van der Waals surface area contributed by atoms with Crippen molar-refractivity contribution in [1.29, 1.82) is 0 Å². The standard InChI is InChI=1S/C18H18F2OS/c1-10(2)6-13-7-17(22-12(13)4)11(3)18-15(19)8-14(21-5)9-16(18)20/h6-9H,3H2,1-2,4-5H3. The van der Waals surface area contributed by atoms with E-state index < -0.39 is 11.6 Å². The minimum absolute atomic E-state index is 0.106. The maximum absolute atomic E-state index is 14.2. The Morgan fingerprint density at radius 2 is 1.77 bits per heavy atom. The number of allylic oxidation sites excluding steroid dienone is 1. The van der Waals surface area contributed by atoms with Gasteiger partial charge in [0.05, 0.1) is 12.7 Å². The zero-order valence-corrected chi connectivity index (χ0v) is 13.9. The van der Waals surface area contributed by atoms with Crippen molar-refractivity contribution in [3.05, 3.63) is 62.9 Å². The minimum Gasteiger partial charge on any atom is -0.497 e. The molecule has 0 radical (unpaired) electrons. The van der Waals surface area contributed by atoms with Gasteiger partial charge in [0, 0.05) is 21.9 Å². The fourth-order valence-corrected chi connectivity index (χ4v) is 3.16. The van der Waals surface area contributed by atoms with Crippen molar-refractivity contribution in [2.24, 2.45) is 0 Å². The Kier molecular flexibility index (Phi) is 4.81. The molecule has 0 saturated heterocycles. The summed E-state index contributed by atoms with van der Waals surface area (Å²) in [6.45, 7) is 9.87. The molecule has 0 amide bonds. The first kappa shape index (κ1) is 16.4. The molecule has 0 bridgehead atoms. The van der Waals surface area contributed by atoms with Gasteiger partial charge >= 0.3 is 0 Å². The van der Waals surface area contributed by atoms with E-state index in [0.29, 0.717) is 5.57 Å². The Morgan fingerprint density at radius 3 is 2.27 bits per heavy atom. The number of thiophene rings is 1. The smallest absolute Gasteiger partial charge is 0.137 e. The van der Waals surface area contributed by atoms with Crippen LogP contribution in [0.25, 0.3) is 11.6 Å². The Morgan fingerprint density at radius 1 is 1.18 bits per heavy atom. The summed E-state index contributed by atoms with van der Waals surface area (Å²) in [4.78, 5) is 1.85. The molecule has 0 unspecified atom stereocenters. The van der Waals surface area contributed by atoms with E-state index in [1.54, 1.807) is 0 Å². The van der Waals surface area contributed by atoms with E-state index in [9.17, 15) is 8.78 Å². The van der Waals surface area contributed by atoms with Crippen molar-refractivity contribution in [2.45, 2.75) is 20.8 Å². The first-order chi connectivity index (χ1) is 10.3. The molecule has 0 aliphatic rings. The Labute approximate surface area is 133 Å². The fraction of sp³-hybridized carbons (Fsp3) is 0.222. The molecule has 2 aromatic rings. The average Bonchev–Trinajstić information content (AvgIpc) is 2.78. The van der Waals surface area contributed by atoms with E-state index in [2.05, 4.69) is 6.58 Å². The summed E-state index contributed by atoms with van der Waals surface area (Å²) < 4.78 is 33.2. The first-order valence-electron chi connectivity index (χ1n) is 6.81. The second-order valence-corrected chi connectivity index (χ2v) is 6.54. The van der Waals surface area contributed by atoms with Gasteiger partial charge in [-0.05, 0) is 38.0 Å². The third-order valence-electron chi connectivity index (χ3n) is 3.25. The van der Waals surface area contributed by atoms with Crippen molar-refractivity contribution < 1.29 is 13.5 Å². The molecule has 0 aliphatic carbocycles. The third kappa shape index (κ3) is 3.28. The monoisotopic (exact) mass is 320 g/mol. The maximum Gasteiger partial charge on any atom is 0.137 e. The summed E-state index contributed by atoms with van der Waals surface area (Å²) in [6.07, 6.45) is 2.04. The number of aryl methyl sites for hydroxylation is 1. The number of hydrogen-bond acceptors (Lipinski definition) is 2. The normalized spacial score (nSPS) is 10.5. The number of methoxy groups -OCH3 is 1. The highest BCUT2D eigenvalue weighted by Crippen LogP contribution is 2.35. The van der Waals surface area contributed by atoms with Gasteiger partial charge in [0.25, 0.3) is 0 Å². The van der Waals surface area contributed by atoms with Crippen LogP contribution in [0.15, 0.2) is 30.4 Å². The minimum atomic E-state index is -0.670. The Hall–Kier alpha value is -1.94. The number of hydrogen-bond donors (Lipinski definition) is 0. The average molecular weight is 320 g/mol. The van der Waals surface area contributed by atoms with Gasteiger partial charge in [-0.25, -0.2) is 8.78 Å². The van der Waals surface area contributed by atoms with Gasteiger partial charge in [0.1, 0.15) is 17.4 Å². The predicted octanol–water partition coefficient (Wildman–Crippen LogP) is 5.83. The van der Waals surface area contributed by atoms with Crippen molar-refractivity contribution in [3.8, 4) is 5.75 Å². The Balaban J connectivity index is 2.47. The molecule has 0 saturated carbocycles.